The number of hydrogen-bond donors (Lipinski definition) is 0. The van der Waals surface area contributed by atoms with Gasteiger partial charge in [0.1, 0.15) is 0 Å². The topological polar surface area (TPSA) is 44.0 Å². The van der Waals surface area contributed by atoms with Crippen LogP contribution in [0.5, 0.6) is 0 Å². The van der Waals surface area contributed by atoms with Gasteiger partial charge in [0.25, 0.3) is 5.56 Å². The van der Waals surface area contributed by atoms with Gasteiger partial charge >= 0.3 is 5.69 Å². The van der Waals surface area contributed by atoms with Gasteiger partial charge in [0, 0.05) is 12.3 Å². The predicted octanol–water partition coefficient (Wildman–Crippen LogP) is 0.692. The summed E-state index contributed by atoms with van der Waals surface area (Å²) in [6.07, 6.45) is 4.59. The van der Waals surface area contributed by atoms with Crippen LogP contribution in [0.3, 0.4) is 0 Å². The maximum absolute atomic E-state index is 11.8. The van der Waals surface area contributed by atoms with E-state index < -0.39 is 0 Å². The summed E-state index contributed by atoms with van der Waals surface area (Å²) in [5.41, 5.74) is 4.38. The monoisotopic (exact) mass is 216 g/mol. The fraction of sp³-hybridized carbons (Fsp3) is 0.167. The molecular formula is C12H12N2O2. The van der Waals surface area contributed by atoms with E-state index in [1.165, 1.54) is 22.9 Å². The number of aromatic nitrogens is 2. The summed E-state index contributed by atoms with van der Waals surface area (Å²) in [6.45, 7) is 7.31. The van der Waals surface area contributed by atoms with Crippen LogP contribution in [0.2, 0.25) is 0 Å². The fourth-order valence-electron chi connectivity index (χ4n) is 1.18. The molecule has 1 aromatic rings. The molecular weight excluding hydrogens is 204 g/mol. The molecule has 1 aromatic heterocycles. The van der Waals surface area contributed by atoms with E-state index in [0.717, 1.165) is 4.57 Å². The fourth-order valence-corrected chi connectivity index (χ4v) is 1.18. The Labute approximate surface area is 92.8 Å². The predicted molar refractivity (Wildman–Crippen MR) is 62.4 cm³/mol. The van der Waals surface area contributed by atoms with Gasteiger partial charge in [-0.15, -0.1) is 11.5 Å². The van der Waals surface area contributed by atoms with Crippen LogP contribution >= 0.6 is 0 Å². The molecule has 1 heterocycles. The van der Waals surface area contributed by atoms with Crippen LogP contribution in [-0.2, 0) is 13.1 Å². The summed E-state index contributed by atoms with van der Waals surface area (Å²) >= 11 is 0. The third-order valence-corrected chi connectivity index (χ3v) is 1.99. The van der Waals surface area contributed by atoms with Crippen LogP contribution < -0.4 is 11.2 Å². The van der Waals surface area contributed by atoms with Crippen molar-refractivity contribution < 1.29 is 0 Å². The Hall–Kier alpha value is -2.28. The minimum atomic E-state index is -0.370. The van der Waals surface area contributed by atoms with Gasteiger partial charge in [-0.1, -0.05) is 13.2 Å². The Balaban J connectivity index is 3.26. The first kappa shape index (κ1) is 11.8. The molecule has 0 bridgehead atoms. The molecule has 0 spiro atoms. The minimum Gasteiger partial charge on any atom is -0.296 e. The normalized spacial score (nSPS) is 9.00. The van der Waals surface area contributed by atoms with Gasteiger partial charge in [-0.05, 0) is 12.2 Å². The molecule has 0 unspecified atom stereocenters. The number of hydrogen-bond acceptors (Lipinski definition) is 2. The number of allylic oxidation sites excluding steroid dienone is 2. The van der Waals surface area contributed by atoms with E-state index >= 15 is 0 Å². The first-order valence-electron chi connectivity index (χ1n) is 4.69. The second-order valence-electron chi connectivity index (χ2n) is 3.02. The van der Waals surface area contributed by atoms with Gasteiger partial charge in [0.2, 0.25) is 0 Å². The Morgan fingerprint density at radius 3 is 2.44 bits per heavy atom. The van der Waals surface area contributed by atoms with Crippen LogP contribution in [0.15, 0.2) is 58.6 Å². The number of nitrogens with zero attached hydrogens (tertiary/aromatic N) is 2. The van der Waals surface area contributed by atoms with Crippen molar-refractivity contribution in [1.82, 2.24) is 9.13 Å². The summed E-state index contributed by atoms with van der Waals surface area (Å²) in [7, 11) is 0. The molecule has 4 nitrogen and oxygen atoms in total. The molecule has 0 radical (unpaired) electrons. The van der Waals surface area contributed by atoms with Crippen molar-refractivity contribution in [2.75, 3.05) is 0 Å². The zero-order valence-corrected chi connectivity index (χ0v) is 8.85. The Bertz CT molecular complexity index is 580. The second kappa shape index (κ2) is 5.56. The van der Waals surface area contributed by atoms with E-state index in [4.69, 9.17) is 0 Å². The summed E-state index contributed by atoms with van der Waals surface area (Å²) in [6, 6.07) is 1.34. The lowest BCUT2D eigenvalue weighted by Gasteiger charge is -2.05. The van der Waals surface area contributed by atoms with Crippen LogP contribution in [-0.4, -0.2) is 9.13 Å². The number of rotatable bonds is 4. The van der Waals surface area contributed by atoms with Crippen molar-refractivity contribution in [3.8, 4) is 0 Å². The SMILES string of the molecule is C=C=CCn1ccc(=O)n(CC=C=C)c1=O. The molecule has 0 aliphatic carbocycles. The Morgan fingerprint density at radius 2 is 1.81 bits per heavy atom. The molecule has 82 valence electrons. The maximum atomic E-state index is 11.8. The molecule has 0 amide bonds. The Morgan fingerprint density at radius 1 is 1.19 bits per heavy atom. The summed E-state index contributed by atoms with van der Waals surface area (Å²) in [5, 5.41) is 0. The lowest BCUT2D eigenvalue weighted by Crippen LogP contribution is -2.38. The molecule has 0 atom stereocenters. The van der Waals surface area contributed by atoms with E-state index in [1.54, 1.807) is 6.08 Å². The molecule has 0 fully saturated rings. The van der Waals surface area contributed by atoms with Crippen LogP contribution in [0.1, 0.15) is 0 Å². The summed E-state index contributed by atoms with van der Waals surface area (Å²) < 4.78 is 2.51. The van der Waals surface area contributed by atoms with Crippen molar-refractivity contribution in [2.24, 2.45) is 0 Å². The van der Waals surface area contributed by atoms with Crippen LogP contribution in [0, 0.1) is 0 Å². The van der Waals surface area contributed by atoms with Crippen LogP contribution in [0.25, 0.3) is 0 Å². The van der Waals surface area contributed by atoms with Crippen LogP contribution in [0.4, 0.5) is 0 Å². The highest BCUT2D eigenvalue weighted by atomic mass is 16.2. The standard InChI is InChI=1S/C12H12N2O2/c1-3-5-8-13-10-7-11(15)14(12(13)16)9-6-4-2/h5-7,10H,1-2,8-9H2. The zero-order valence-electron chi connectivity index (χ0n) is 8.85. The third-order valence-electron chi connectivity index (χ3n) is 1.99. The van der Waals surface area contributed by atoms with Gasteiger partial charge in [0.15, 0.2) is 0 Å². The van der Waals surface area contributed by atoms with Crippen molar-refractivity contribution in [3.63, 3.8) is 0 Å². The molecule has 0 saturated heterocycles. The molecule has 0 aromatic carbocycles. The lowest BCUT2D eigenvalue weighted by atomic mass is 10.5. The highest BCUT2D eigenvalue weighted by Crippen LogP contribution is 1.81. The minimum absolute atomic E-state index is 0.180. The quantitative estimate of drug-likeness (QED) is 0.695. The van der Waals surface area contributed by atoms with Gasteiger partial charge in [-0.25, -0.2) is 4.79 Å². The molecule has 0 saturated carbocycles. The summed E-state index contributed by atoms with van der Waals surface area (Å²) in [4.78, 5) is 23.2. The first-order chi connectivity index (χ1) is 7.70. The van der Waals surface area contributed by atoms with Gasteiger partial charge in [0.05, 0.1) is 13.1 Å². The molecule has 0 aliphatic rings. The van der Waals surface area contributed by atoms with Crippen molar-refractivity contribution >= 4 is 0 Å². The van der Waals surface area contributed by atoms with E-state index in [9.17, 15) is 9.59 Å². The van der Waals surface area contributed by atoms with Crippen molar-refractivity contribution in [2.45, 2.75) is 13.1 Å². The average Bonchev–Trinajstić information content (AvgIpc) is 2.28. The zero-order chi connectivity index (χ0) is 12.0. The van der Waals surface area contributed by atoms with E-state index in [1.807, 2.05) is 0 Å². The van der Waals surface area contributed by atoms with Gasteiger partial charge in [-0.2, -0.15) is 0 Å². The summed E-state index contributed by atoms with van der Waals surface area (Å²) in [5.74, 6) is 0. The van der Waals surface area contributed by atoms with Crippen molar-refractivity contribution in [1.29, 1.82) is 0 Å². The smallest absolute Gasteiger partial charge is 0.296 e. The maximum Gasteiger partial charge on any atom is 0.331 e. The lowest BCUT2D eigenvalue weighted by molar-refractivity contribution is 0.625. The molecule has 4 heteroatoms. The van der Waals surface area contributed by atoms with E-state index in [-0.39, 0.29) is 17.8 Å². The van der Waals surface area contributed by atoms with Crippen molar-refractivity contribution in [3.05, 3.63) is 69.9 Å². The molecule has 16 heavy (non-hydrogen) atoms. The highest BCUT2D eigenvalue weighted by Gasteiger charge is 2.01. The van der Waals surface area contributed by atoms with E-state index in [0.29, 0.717) is 6.54 Å². The molecule has 1 rings (SSSR count). The van der Waals surface area contributed by atoms with E-state index in [2.05, 4.69) is 24.6 Å². The van der Waals surface area contributed by atoms with Gasteiger partial charge in [-0.3, -0.25) is 13.9 Å². The average molecular weight is 216 g/mol. The first-order valence-corrected chi connectivity index (χ1v) is 4.69. The third kappa shape index (κ3) is 2.61. The van der Waals surface area contributed by atoms with Gasteiger partial charge < -0.3 is 0 Å². The largest absolute Gasteiger partial charge is 0.331 e. The molecule has 0 aliphatic heterocycles. The second-order valence-corrected chi connectivity index (χ2v) is 3.02. The highest BCUT2D eigenvalue weighted by molar-refractivity contribution is 4.91. The molecule has 0 N–H and O–H groups in total. The Kier molecular flexibility index (Phi) is 4.10.